The summed E-state index contributed by atoms with van der Waals surface area (Å²) >= 11 is 13.6. The van der Waals surface area contributed by atoms with E-state index in [-0.39, 0.29) is 0 Å². The molecule has 0 saturated carbocycles. The van der Waals surface area contributed by atoms with Gasteiger partial charge in [-0.3, -0.25) is 0 Å². The zero-order valence-electron chi connectivity index (χ0n) is 15.0. The lowest BCUT2D eigenvalue weighted by Crippen LogP contribution is -1.96. The molecule has 0 aliphatic carbocycles. The summed E-state index contributed by atoms with van der Waals surface area (Å²) in [6.07, 6.45) is 1.59. The highest BCUT2D eigenvalue weighted by molar-refractivity contribution is 7.11. The quantitative estimate of drug-likeness (QED) is 0.476. The number of aromatic nitrogens is 1. The van der Waals surface area contributed by atoms with Crippen LogP contribution in [0.15, 0.2) is 48.0 Å². The lowest BCUT2D eigenvalue weighted by molar-refractivity contribution is 0.405. The highest BCUT2D eigenvalue weighted by Crippen LogP contribution is 2.33. The Kier molecular flexibility index (Phi) is 6.42. The number of hydrogen-bond donors (Lipinski definition) is 1. The number of hydrogen-bond acceptors (Lipinski definition) is 6. The number of allylic oxidation sites excluding steroid dienone is 1. The summed E-state index contributed by atoms with van der Waals surface area (Å²) in [6, 6.07) is 12.7. The highest BCUT2D eigenvalue weighted by Gasteiger charge is 2.12. The van der Waals surface area contributed by atoms with Gasteiger partial charge in [0.15, 0.2) is 0 Å². The summed E-state index contributed by atoms with van der Waals surface area (Å²) in [7, 11) is 3.16. The van der Waals surface area contributed by atoms with Crippen LogP contribution in [0.1, 0.15) is 5.01 Å². The fraction of sp³-hybridized carbons (Fsp3) is 0.100. The number of halogens is 2. The van der Waals surface area contributed by atoms with Crippen molar-refractivity contribution in [3.05, 3.63) is 63.0 Å². The van der Waals surface area contributed by atoms with Crippen molar-refractivity contribution in [2.75, 3.05) is 19.5 Å². The van der Waals surface area contributed by atoms with Gasteiger partial charge in [0.05, 0.1) is 30.6 Å². The molecule has 2 aromatic carbocycles. The second-order valence-corrected chi connectivity index (χ2v) is 7.24. The van der Waals surface area contributed by atoms with E-state index < -0.39 is 0 Å². The molecule has 0 unspecified atom stereocenters. The Labute approximate surface area is 176 Å². The Bertz CT molecular complexity index is 1070. The van der Waals surface area contributed by atoms with Crippen LogP contribution in [-0.4, -0.2) is 19.2 Å². The SMILES string of the molecule is COc1ccc(OC)c(NC=C(C#N)c2nc(-c3ccc(Cl)cc3Cl)cs2)c1. The summed E-state index contributed by atoms with van der Waals surface area (Å²) in [5.74, 6) is 1.30. The van der Waals surface area contributed by atoms with E-state index in [9.17, 15) is 5.26 Å². The van der Waals surface area contributed by atoms with Crippen LogP contribution in [0.25, 0.3) is 16.8 Å². The van der Waals surface area contributed by atoms with E-state index in [1.165, 1.54) is 11.3 Å². The van der Waals surface area contributed by atoms with Gasteiger partial charge in [-0.2, -0.15) is 5.26 Å². The van der Waals surface area contributed by atoms with Crippen molar-refractivity contribution in [3.8, 4) is 28.8 Å². The third-order valence-electron chi connectivity index (χ3n) is 3.84. The number of benzene rings is 2. The number of methoxy groups -OCH3 is 2. The third-order valence-corrected chi connectivity index (χ3v) is 5.26. The van der Waals surface area contributed by atoms with Gasteiger partial charge in [-0.05, 0) is 30.3 Å². The molecule has 1 heterocycles. The first-order valence-electron chi connectivity index (χ1n) is 8.06. The van der Waals surface area contributed by atoms with Gasteiger partial charge in [0.2, 0.25) is 0 Å². The molecule has 0 bridgehead atoms. The molecule has 0 aliphatic heterocycles. The maximum absolute atomic E-state index is 9.56. The molecule has 0 fully saturated rings. The van der Waals surface area contributed by atoms with Gasteiger partial charge in [0.1, 0.15) is 28.1 Å². The zero-order valence-corrected chi connectivity index (χ0v) is 17.3. The van der Waals surface area contributed by atoms with Crippen LogP contribution in [0.3, 0.4) is 0 Å². The largest absolute Gasteiger partial charge is 0.497 e. The summed E-state index contributed by atoms with van der Waals surface area (Å²) in [4.78, 5) is 4.54. The normalized spacial score (nSPS) is 11.0. The van der Waals surface area contributed by atoms with Crippen LogP contribution in [0.5, 0.6) is 11.5 Å². The van der Waals surface area contributed by atoms with Gasteiger partial charge < -0.3 is 14.8 Å². The van der Waals surface area contributed by atoms with Crippen LogP contribution in [-0.2, 0) is 0 Å². The molecule has 0 spiro atoms. The molecule has 3 rings (SSSR count). The van der Waals surface area contributed by atoms with Crippen molar-refractivity contribution in [2.24, 2.45) is 0 Å². The Balaban J connectivity index is 1.89. The average Bonchev–Trinajstić information content (AvgIpc) is 3.18. The van der Waals surface area contributed by atoms with Gasteiger partial charge in [-0.15, -0.1) is 11.3 Å². The average molecular weight is 432 g/mol. The van der Waals surface area contributed by atoms with E-state index in [4.69, 9.17) is 32.7 Å². The minimum Gasteiger partial charge on any atom is -0.497 e. The van der Waals surface area contributed by atoms with Crippen molar-refractivity contribution in [1.29, 1.82) is 5.26 Å². The van der Waals surface area contributed by atoms with Gasteiger partial charge in [-0.25, -0.2) is 4.98 Å². The topological polar surface area (TPSA) is 67.2 Å². The van der Waals surface area contributed by atoms with E-state index in [0.717, 1.165) is 5.56 Å². The lowest BCUT2D eigenvalue weighted by atomic mass is 10.2. The monoisotopic (exact) mass is 431 g/mol. The first kappa shape index (κ1) is 20.0. The fourth-order valence-electron chi connectivity index (χ4n) is 2.44. The smallest absolute Gasteiger partial charge is 0.142 e. The first-order valence-corrected chi connectivity index (χ1v) is 9.69. The Morgan fingerprint density at radius 3 is 2.68 bits per heavy atom. The van der Waals surface area contributed by atoms with Crippen molar-refractivity contribution < 1.29 is 9.47 Å². The van der Waals surface area contributed by atoms with Crippen LogP contribution in [0, 0.1) is 11.3 Å². The molecule has 5 nitrogen and oxygen atoms in total. The summed E-state index contributed by atoms with van der Waals surface area (Å²) in [5, 5.41) is 16.1. The van der Waals surface area contributed by atoms with Crippen molar-refractivity contribution in [1.82, 2.24) is 4.98 Å². The highest BCUT2D eigenvalue weighted by atomic mass is 35.5. The molecule has 0 aliphatic rings. The maximum atomic E-state index is 9.56. The number of nitrogens with one attached hydrogen (secondary N) is 1. The zero-order chi connectivity index (χ0) is 20.1. The minimum atomic E-state index is 0.381. The molecule has 0 atom stereocenters. The Morgan fingerprint density at radius 1 is 1.18 bits per heavy atom. The number of nitriles is 1. The Morgan fingerprint density at radius 2 is 2.00 bits per heavy atom. The summed E-state index contributed by atoms with van der Waals surface area (Å²) in [6.45, 7) is 0. The predicted molar refractivity (Wildman–Crippen MR) is 114 cm³/mol. The van der Waals surface area contributed by atoms with E-state index in [1.807, 2.05) is 5.38 Å². The second-order valence-electron chi connectivity index (χ2n) is 5.54. The third kappa shape index (κ3) is 4.39. The summed E-state index contributed by atoms with van der Waals surface area (Å²) in [5.41, 5.74) is 2.49. The van der Waals surface area contributed by atoms with Gasteiger partial charge >= 0.3 is 0 Å². The van der Waals surface area contributed by atoms with Crippen molar-refractivity contribution in [3.63, 3.8) is 0 Å². The number of thiazole rings is 1. The molecule has 0 amide bonds. The number of rotatable bonds is 6. The molecule has 8 heteroatoms. The van der Waals surface area contributed by atoms with E-state index >= 15 is 0 Å². The maximum Gasteiger partial charge on any atom is 0.142 e. The lowest BCUT2D eigenvalue weighted by Gasteiger charge is -2.10. The van der Waals surface area contributed by atoms with Crippen molar-refractivity contribution in [2.45, 2.75) is 0 Å². The molecule has 0 radical (unpaired) electrons. The van der Waals surface area contributed by atoms with Crippen LogP contribution < -0.4 is 14.8 Å². The van der Waals surface area contributed by atoms with Gasteiger partial charge in [0.25, 0.3) is 0 Å². The molecular formula is C20H15Cl2N3O2S. The summed E-state index contributed by atoms with van der Waals surface area (Å²) < 4.78 is 10.6. The van der Waals surface area contributed by atoms with E-state index in [2.05, 4.69) is 16.4 Å². The number of anilines is 1. The van der Waals surface area contributed by atoms with Crippen molar-refractivity contribution >= 4 is 45.8 Å². The van der Waals surface area contributed by atoms with Crippen LogP contribution >= 0.6 is 34.5 Å². The number of ether oxygens (including phenoxy) is 2. The van der Waals surface area contributed by atoms with E-state index in [0.29, 0.717) is 43.5 Å². The van der Waals surface area contributed by atoms with Crippen LogP contribution in [0.2, 0.25) is 10.0 Å². The molecule has 28 heavy (non-hydrogen) atoms. The molecular weight excluding hydrogens is 417 g/mol. The second kappa shape index (κ2) is 8.98. The van der Waals surface area contributed by atoms with E-state index in [1.54, 1.807) is 56.8 Å². The fourth-order valence-corrected chi connectivity index (χ4v) is 3.73. The van der Waals surface area contributed by atoms with Crippen LogP contribution in [0.4, 0.5) is 5.69 Å². The first-order chi connectivity index (χ1) is 13.5. The predicted octanol–water partition coefficient (Wildman–Crippen LogP) is 6.11. The molecule has 1 N–H and O–H groups in total. The number of nitrogens with zero attached hydrogens (tertiary/aromatic N) is 2. The molecule has 0 saturated heterocycles. The molecule has 142 valence electrons. The Hall–Kier alpha value is -2.72. The molecule has 1 aromatic heterocycles. The minimum absolute atomic E-state index is 0.381. The van der Waals surface area contributed by atoms with Gasteiger partial charge in [-0.1, -0.05) is 23.2 Å². The standard InChI is InChI=1S/C20H15Cl2N3O2S/c1-26-14-4-6-19(27-2)17(8-14)24-10-12(9-23)20-25-18(11-28-20)15-5-3-13(21)7-16(15)22/h3-8,10-11,24H,1-2H3. The van der Waals surface area contributed by atoms with Gasteiger partial charge in [0, 0.05) is 28.2 Å². The molecule has 3 aromatic rings.